The lowest BCUT2D eigenvalue weighted by molar-refractivity contribution is -0.150. The molecule has 1 aliphatic heterocycles. The molecule has 0 saturated carbocycles. The normalized spacial score (nSPS) is 23.5. The average molecular weight is 257 g/mol. The van der Waals surface area contributed by atoms with E-state index in [1.807, 2.05) is 6.92 Å². The maximum Gasteiger partial charge on any atom is 0.306 e. The van der Waals surface area contributed by atoms with Crippen molar-refractivity contribution in [3.8, 4) is 0 Å². The largest absolute Gasteiger partial charge is 0.481 e. The molecule has 3 unspecified atom stereocenters. The van der Waals surface area contributed by atoms with Crippen molar-refractivity contribution in [3.63, 3.8) is 0 Å². The summed E-state index contributed by atoms with van der Waals surface area (Å²) in [4.78, 5) is 24.6. The highest BCUT2D eigenvalue weighted by Crippen LogP contribution is 2.19. The van der Waals surface area contributed by atoms with Crippen LogP contribution in [0.25, 0.3) is 0 Å². The van der Waals surface area contributed by atoms with Crippen molar-refractivity contribution in [2.45, 2.75) is 39.7 Å². The van der Waals surface area contributed by atoms with Crippen LogP contribution in [0.2, 0.25) is 0 Å². The topological polar surface area (TPSA) is 66.8 Å². The van der Waals surface area contributed by atoms with Gasteiger partial charge in [-0.05, 0) is 5.92 Å². The number of aliphatic carboxylic acids is 1. The minimum absolute atomic E-state index is 0.0152. The van der Waals surface area contributed by atoms with E-state index in [0.717, 1.165) is 6.42 Å². The first-order valence-electron chi connectivity index (χ1n) is 6.57. The van der Waals surface area contributed by atoms with Crippen LogP contribution in [0.4, 0.5) is 0 Å². The maximum absolute atomic E-state index is 12.3. The summed E-state index contributed by atoms with van der Waals surface area (Å²) in [6.45, 7) is 7.47. The van der Waals surface area contributed by atoms with Crippen LogP contribution in [-0.4, -0.2) is 47.7 Å². The monoisotopic (exact) mass is 257 g/mol. The third-order valence-corrected chi connectivity index (χ3v) is 3.74. The predicted octanol–water partition coefficient (Wildman–Crippen LogP) is 1.37. The van der Waals surface area contributed by atoms with Crippen LogP contribution >= 0.6 is 0 Å². The van der Waals surface area contributed by atoms with Gasteiger partial charge < -0.3 is 14.7 Å². The van der Waals surface area contributed by atoms with Crippen molar-refractivity contribution in [1.29, 1.82) is 0 Å². The van der Waals surface area contributed by atoms with E-state index in [1.165, 1.54) is 0 Å². The first-order valence-corrected chi connectivity index (χ1v) is 6.57. The zero-order valence-corrected chi connectivity index (χ0v) is 11.4. The van der Waals surface area contributed by atoms with Gasteiger partial charge in [-0.15, -0.1) is 0 Å². The average Bonchev–Trinajstić information content (AvgIpc) is 2.35. The summed E-state index contributed by atoms with van der Waals surface area (Å²) >= 11 is 0. The standard InChI is InChI=1S/C13H23NO4/c1-4-9(2)10(3)13(17)14-5-6-18-11(8-14)7-12(15)16/h9-11H,4-8H2,1-3H3,(H,15,16). The molecule has 0 radical (unpaired) electrons. The Morgan fingerprint density at radius 3 is 2.67 bits per heavy atom. The molecule has 0 aromatic heterocycles. The molecule has 5 nitrogen and oxygen atoms in total. The molecular weight excluding hydrogens is 234 g/mol. The van der Waals surface area contributed by atoms with E-state index in [0.29, 0.717) is 25.6 Å². The van der Waals surface area contributed by atoms with E-state index in [1.54, 1.807) is 4.90 Å². The molecular formula is C13H23NO4. The fraction of sp³-hybridized carbons (Fsp3) is 0.846. The smallest absolute Gasteiger partial charge is 0.306 e. The van der Waals surface area contributed by atoms with E-state index in [9.17, 15) is 9.59 Å². The SMILES string of the molecule is CCC(C)C(C)C(=O)N1CCOC(CC(=O)O)C1. The Balaban J connectivity index is 2.55. The number of morpholine rings is 1. The Kier molecular flexibility index (Phi) is 5.59. The van der Waals surface area contributed by atoms with Crippen molar-refractivity contribution in [2.24, 2.45) is 11.8 Å². The van der Waals surface area contributed by atoms with E-state index in [4.69, 9.17) is 9.84 Å². The second kappa shape index (κ2) is 6.73. The molecule has 3 atom stereocenters. The molecule has 5 heteroatoms. The molecule has 0 aliphatic carbocycles. The zero-order chi connectivity index (χ0) is 13.7. The second-order valence-corrected chi connectivity index (χ2v) is 5.05. The molecule has 1 rings (SSSR count). The zero-order valence-electron chi connectivity index (χ0n) is 11.4. The number of nitrogens with zero attached hydrogens (tertiary/aromatic N) is 1. The Bertz CT molecular complexity index is 305. The second-order valence-electron chi connectivity index (χ2n) is 5.05. The molecule has 104 valence electrons. The highest BCUT2D eigenvalue weighted by Gasteiger charge is 2.30. The number of rotatable bonds is 5. The predicted molar refractivity (Wildman–Crippen MR) is 67.2 cm³/mol. The van der Waals surface area contributed by atoms with Crippen LogP contribution in [-0.2, 0) is 14.3 Å². The van der Waals surface area contributed by atoms with Gasteiger partial charge in [0.25, 0.3) is 0 Å². The molecule has 0 aromatic rings. The van der Waals surface area contributed by atoms with Crippen LogP contribution in [0.1, 0.15) is 33.6 Å². The van der Waals surface area contributed by atoms with E-state index in [2.05, 4.69) is 13.8 Å². The summed E-state index contributed by atoms with van der Waals surface area (Å²) in [6.07, 6.45) is 0.557. The van der Waals surface area contributed by atoms with Crippen LogP contribution in [0.5, 0.6) is 0 Å². The lowest BCUT2D eigenvalue weighted by atomic mass is 9.92. The summed E-state index contributed by atoms with van der Waals surface area (Å²) in [5.41, 5.74) is 0. The quantitative estimate of drug-likeness (QED) is 0.807. The molecule has 1 aliphatic rings. The van der Waals surface area contributed by atoms with Gasteiger partial charge in [0.1, 0.15) is 0 Å². The summed E-state index contributed by atoms with van der Waals surface area (Å²) in [5.74, 6) is -0.441. The molecule has 18 heavy (non-hydrogen) atoms. The Morgan fingerprint density at radius 2 is 2.11 bits per heavy atom. The Morgan fingerprint density at radius 1 is 1.44 bits per heavy atom. The van der Waals surface area contributed by atoms with Crippen molar-refractivity contribution >= 4 is 11.9 Å². The molecule has 1 heterocycles. The Hall–Kier alpha value is -1.10. The van der Waals surface area contributed by atoms with E-state index >= 15 is 0 Å². The molecule has 1 saturated heterocycles. The van der Waals surface area contributed by atoms with Crippen LogP contribution < -0.4 is 0 Å². The van der Waals surface area contributed by atoms with Gasteiger partial charge in [0.15, 0.2) is 0 Å². The van der Waals surface area contributed by atoms with Gasteiger partial charge in [0.05, 0.1) is 19.1 Å². The highest BCUT2D eigenvalue weighted by atomic mass is 16.5. The molecule has 1 amide bonds. The number of carbonyl (C=O) groups is 2. The van der Waals surface area contributed by atoms with Gasteiger partial charge in [-0.25, -0.2) is 0 Å². The number of hydrogen-bond acceptors (Lipinski definition) is 3. The third kappa shape index (κ3) is 3.98. The van der Waals surface area contributed by atoms with Crippen molar-refractivity contribution in [2.75, 3.05) is 19.7 Å². The van der Waals surface area contributed by atoms with Crippen molar-refractivity contribution in [1.82, 2.24) is 4.90 Å². The highest BCUT2D eigenvalue weighted by molar-refractivity contribution is 5.79. The number of carboxylic acid groups (broad SMARTS) is 1. The number of carbonyl (C=O) groups excluding carboxylic acids is 1. The molecule has 1 N–H and O–H groups in total. The van der Waals surface area contributed by atoms with E-state index < -0.39 is 5.97 Å². The van der Waals surface area contributed by atoms with Gasteiger partial charge in [-0.2, -0.15) is 0 Å². The minimum Gasteiger partial charge on any atom is -0.481 e. The third-order valence-electron chi connectivity index (χ3n) is 3.74. The summed E-state index contributed by atoms with van der Waals surface area (Å²) in [6, 6.07) is 0. The van der Waals surface area contributed by atoms with Crippen LogP contribution in [0.15, 0.2) is 0 Å². The van der Waals surface area contributed by atoms with Gasteiger partial charge in [0.2, 0.25) is 5.91 Å². The fourth-order valence-corrected chi connectivity index (χ4v) is 2.12. The van der Waals surface area contributed by atoms with E-state index in [-0.39, 0.29) is 24.3 Å². The molecule has 1 fully saturated rings. The number of hydrogen-bond donors (Lipinski definition) is 1. The number of ether oxygens (including phenoxy) is 1. The number of carboxylic acids is 1. The number of amides is 1. The first-order chi connectivity index (χ1) is 8.45. The maximum atomic E-state index is 12.3. The van der Waals surface area contributed by atoms with Gasteiger partial charge in [0, 0.05) is 19.0 Å². The fourth-order valence-electron chi connectivity index (χ4n) is 2.12. The summed E-state index contributed by atoms with van der Waals surface area (Å²) in [5, 5.41) is 8.74. The van der Waals surface area contributed by atoms with Crippen LogP contribution in [0, 0.1) is 11.8 Å². The molecule has 0 bridgehead atoms. The van der Waals surface area contributed by atoms with Gasteiger partial charge in [-0.3, -0.25) is 9.59 Å². The Labute approximate surface area is 108 Å². The lowest BCUT2D eigenvalue weighted by Crippen LogP contribution is -2.48. The molecule has 0 spiro atoms. The summed E-state index contributed by atoms with van der Waals surface area (Å²) in [7, 11) is 0. The van der Waals surface area contributed by atoms with Gasteiger partial charge in [-0.1, -0.05) is 27.2 Å². The first kappa shape index (κ1) is 15.0. The lowest BCUT2D eigenvalue weighted by Gasteiger charge is -2.35. The van der Waals surface area contributed by atoms with Crippen LogP contribution in [0.3, 0.4) is 0 Å². The van der Waals surface area contributed by atoms with Gasteiger partial charge >= 0.3 is 5.97 Å². The van der Waals surface area contributed by atoms with Crippen molar-refractivity contribution in [3.05, 3.63) is 0 Å². The molecule has 0 aromatic carbocycles. The van der Waals surface area contributed by atoms with Crippen molar-refractivity contribution < 1.29 is 19.4 Å². The summed E-state index contributed by atoms with van der Waals surface area (Å²) < 4.78 is 5.36. The minimum atomic E-state index is -0.885.